The van der Waals surface area contributed by atoms with Gasteiger partial charge >= 0.3 is 0 Å². The molecule has 0 spiro atoms. The molecule has 1 atom stereocenters. The fourth-order valence-corrected chi connectivity index (χ4v) is 1.23. The second-order valence-electron chi connectivity index (χ2n) is 3.62. The number of terminal acetylenes is 1. The van der Waals surface area contributed by atoms with Crippen LogP contribution in [-0.4, -0.2) is 18.6 Å². The normalized spacial score (nSPS) is 11.4. The van der Waals surface area contributed by atoms with Gasteiger partial charge in [-0.15, -0.1) is 6.42 Å². The zero-order valence-electron chi connectivity index (χ0n) is 9.79. The Morgan fingerprint density at radius 3 is 3.00 bits per heavy atom. The SMILES string of the molecule is C#CCNC(=O)C(C)Oc1cc(C)ccc1F. The van der Waals surface area contributed by atoms with Crippen LogP contribution in [0, 0.1) is 25.1 Å². The molecule has 3 nitrogen and oxygen atoms in total. The molecule has 90 valence electrons. The van der Waals surface area contributed by atoms with Gasteiger partial charge in [-0.3, -0.25) is 4.79 Å². The molecule has 1 unspecified atom stereocenters. The summed E-state index contributed by atoms with van der Waals surface area (Å²) >= 11 is 0. The fourth-order valence-electron chi connectivity index (χ4n) is 1.23. The molecule has 17 heavy (non-hydrogen) atoms. The number of hydrogen-bond donors (Lipinski definition) is 1. The van der Waals surface area contributed by atoms with Crippen LogP contribution >= 0.6 is 0 Å². The van der Waals surface area contributed by atoms with Crippen molar-refractivity contribution < 1.29 is 13.9 Å². The lowest BCUT2D eigenvalue weighted by molar-refractivity contribution is -0.127. The Bertz CT molecular complexity index is 451. The number of aryl methyl sites for hydroxylation is 1. The molecule has 0 heterocycles. The third kappa shape index (κ3) is 3.80. The summed E-state index contributed by atoms with van der Waals surface area (Å²) in [5.74, 6) is 1.47. The Kier molecular flexibility index (Phi) is 4.53. The molecule has 0 saturated heterocycles. The molecule has 1 rings (SSSR count). The van der Waals surface area contributed by atoms with Crippen LogP contribution in [0.1, 0.15) is 12.5 Å². The highest BCUT2D eigenvalue weighted by Crippen LogP contribution is 2.19. The Labute approximate surface area is 100.0 Å². The Morgan fingerprint density at radius 2 is 2.35 bits per heavy atom. The molecule has 4 heteroatoms. The predicted octanol–water partition coefficient (Wildman–Crippen LogP) is 1.65. The molecule has 0 aromatic heterocycles. The number of carbonyl (C=O) groups excluding carboxylic acids is 1. The lowest BCUT2D eigenvalue weighted by Gasteiger charge is -2.14. The van der Waals surface area contributed by atoms with Gasteiger partial charge in [-0.2, -0.15) is 0 Å². The van der Waals surface area contributed by atoms with E-state index >= 15 is 0 Å². The van der Waals surface area contributed by atoms with E-state index in [1.165, 1.54) is 13.0 Å². The van der Waals surface area contributed by atoms with Gasteiger partial charge in [-0.05, 0) is 31.5 Å². The molecule has 0 aliphatic heterocycles. The zero-order valence-corrected chi connectivity index (χ0v) is 9.79. The minimum atomic E-state index is -0.792. The van der Waals surface area contributed by atoms with Crippen LogP contribution in [-0.2, 0) is 4.79 Å². The standard InChI is InChI=1S/C13H14FNO2/c1-4-7-15-13(16)10(3)17-12-8-9(2)5-6-11(12)14/h1,5-6,8,10H,7H2,2-3H3,(H,15,16). The van der Waals surface area contributed by atoms with Crippen LogP contribution in [0.3, 0.4) is 0 Å². The van der Waals surface area contributed by atoms with Crippen LogP contribution < -0.4 is 10.1 Å². The molecule has 1 amide bonds. The van der Waals surface area contributed by atoms with Crippen molar-refractivity contribution in [2.45, 2.75) is 20.0 Å². The van der Waals surface area contributed by atoms with Gasteiger partial charge in [0.15, 0.2) is 17.7 Å². The van der Waals surface area contributed by atoms with Crippen LogP contribution in [0.4, 0.5) is 4.39 Å². The predicted molar refractivity (Wildman–Crippen MR) is 63.1 cm³/mol. The number of halogens is 1. The quantitative estimate of drug-likeness (QED) is 0.806. The number of amides is 1. The number of benzene rings is 1. The third-order valence-electron chi connectivity index (χ3n) is 2.12. The van der Waals surface area contributed by atoms with Gasteiger partial charge in [0.25, 0.3) is 5.91 Å². The Morgan fingerprint density at radius 1 is 1.65 bits per heavy atom. The third-order valence-corrected chi connectivity index (χ3v) is 2.12. The summed E-state index contributed by atoms with van der Waals surface area (Å²) in [6, 6.07) is 4.47. The second kappa shape index (κ2) is 5.90. The molecule has 0 aliphatic carbocycles. The van der Waals surface area contributed by atoms with E-state index in [0.29, 0.717) is 0 Å². The Hall–Kier alpha value is -2.02. The van der Waals surface area contributed by atoms with Crippen molar-refractivity contribution in [1.82, 2.24) is 5.32 Å². The first kappa shape index (κ1) is 13.0. The van der Waals surface area contributed by atoms with E-state index in [1.807, 2.05) is 6.92 Å². The van der Waals surface area contributed by atoms with Crippen molar-refractivity contribution in [1.29, 1.82) is 0 Å². The van der Waals surface area contributed by atoms with Crippen molar-refractivity contribution in [3.05, 3.63) is 29.6 Å². The van der Waals surface area contributed by atoms with E-state index in [4.69, 9.17) is 11.2 Å². The maximum Gasteiger partial charge on any atom is 0.261 e. The molecule has 1 N–H and O–H groups in total. The maximum atomic E-state index is 13.4. The molecule has 1 aromatic carbocycles. The van der Waals surface area contributed by atoms with E-state index in [2.05, 4.69) is 11.2 Å². The van der Waals surface area contributed by atoms with Gasteiger partial charge in [0.2, 0.25) is 0 Å². The number of carbonyl (C=O) groups is 1. The minimum absolute atomic E-state index is 0.0633. The Balaban J connectivity index is 2.67. The number of nitrogens with one attached hydrogen (secondary N) is 1. The van der Waals surface area contributed by atoms with Crippen molar-refractivity contribution in [2.75, 3.05) is 6.54 Å². The fraction of sp³-hybridized carbons (Fsp3) is 0.308. The molecular formula is C13H14FNO2. The maximum absolute atomic E-state index is 13.4. The minimum Gasteiger partial charge on any atom is -0.478 e. The largest absolute Gasteiger partial charge is 0.478 e. The topological polar surface area (TPSA) is 38.3 Å². The average Bonchev–Trinajstić information content (AvgIpc) is 2.30. The first-order valence-electron chi connectivity index (χ1n) is 5.18. The number of hydrogen-bond acceptors (Lipinski definition) is 2. The average molecular weight is 235 g/mol. The number of ether oxygens (including phenoxy) is 1. The van der Waals surface area contributed by atoms with E-state index in [1.54, 1.807) is 12.1 Å². The highest BCUT2D eigenvalue weighted by Gasteiger charge is 2.15. The van der Waals surface area contributed by atoms with Crippen LogP contribution in [0.5, 0.6) is 5.75 Å². The van der Waals surface area contributed by atoms with Gasteiger partial charge in [0, 0.05) is 0 Å². The summed E-state index contributed by atoms with van der Waals surface area (Å²) in [7, 11) is 0. The zero-order chi connectivity index (χ0) is 12.8. The van der Waals surface area contributed by atoms with E-state index in [9.17, 15) is 9.18 Å². The summed E-state index contributed by atoms with van der Waals surface area (Å²) in [4.78, 5) is 11.4. The van der Waals surface area contributed by atoms with Gasteiger partial charge in [-0.25, -0.2) is 4.39 Å². The van der Waals surface area contributed by atoms with Crippen LogP contribution in [0.25, 0.3) is 0 Å². The van der Waals surface area contributed by atoms with Crippen LogP contribution in [0.2, 0.25) is 0 Å². The lowest BCUT2D eigenvalue weighted by atomic mass is 10.2. The second-order valence-corrected chi connectivity index (χ2v) is 3.62. The van der Waals surface area contributed by atoms with E-state index in [0.717, 1.165) is 5.56 Å². The molecule has 0 radical (unpaired) electrons. The van der Waals surface area contributed by atoms with E-state index < -0.39 is 11.9 Å². The summed E-state index contributed by atoms with van der Waals surface area (Å²) < 4.78 is 18.6. The monoisotopic (exact) mass is 235 g/mol. The molecule has 0 aliphatic rings. The molecule has 0 bridgehead atoms. The van der Waals surface area contributed by atoms with Crippen LogP contribution in [0.15, 0.2) is 18.2 Å². The van der Waals surface area contributed by atoms with Crippen molar-refractivity contribution >= 4 is 5.91 Å². The first-order chi connectivity index (χ1) is 8.04. The first-order valence-corrected chi connectivity index (χ1v) is 5.18. The molecule has 0 fully saturated rings. The van der Waals surface area contributed by atoms with Crippen molar-refractivity contribution in [3.8, 4) is 18.1 Å². The highest BCUT2D eigenvalue weighted by molar-refractivity contribution is 5.80. The summed E-state index contributed by atoms with van der Waals surface area (Å²) in [5.41, 5.74) is 0.859. The summed E-state index contributed by atoms with van der Waals surface area (Å²) in [6.45, 7) is 3.48. The van der Waals surface area contributed by atoms with Gasteiger partial charge in [0.1, 0.15) is 0 Å². The smallest absolute Gasteiger partial charge is 0.261 e. The lowest BCUT2D eigenvalue weighted by Crippen LogP contribution is -2.36. The molecule has 1 aromatic rings. The summed E-state index contributed by atoms with van der Waals surface area (Å²) in [6.07, 6.45) is 4.22. The van der Waals surface area contributed by atoms with Gasteiger partial charge in [-0.1, -0.05) is 12.0 Å². The van der Waals surface area contributed by atoms with E-state index in [-0.39, 0.29) is 18.2 Å². The van der Waals surface area contributed by atoms with Crippen molar-refractivity contribution in [3.63, 3.8) is 0 Å². The number of rotatable bonds is 4. The molecule has 0 saturated carbocycles. The van der Waals surface area contributed by atoms with Gasteiger partial charge < -0.3 is 10.1 Å². The van der Waals surface area contributed by atoms with Crippen molar-refractivity contribution in [2.24, 2.45) is 0 Å². The highest BCUT2D eigenvalue weighted by atomic mass is 19.1. The van der Waals surface area contributed by atoms with Gasteiger partial charge in [0.05, 0.1) is 6.54 Å². The molecular weight excluding hydrogens is 221 g/mol. The summed E-state index contributed by atoms with van der Waals surface area (Å²) in [5, 5.41) is 2.46.